The smallest absolute Gasteiger partial charge is 0.395 e. The van der Waals surface area contributed by atoms with E-state index in [4.69, 9.17) is 14.0 Å². The van der Waals surface area contributed by atoms with Crippen LogP contribution < -0.4 is 0 Å². The summed E-state index contributed by atoms with van der Waals surface area (Å²) in [5.74, 6) is 0. The minimum absolute atomic E-state index is 0.0478. The fraction of sp³-hybridized carbons (Fsp3) is 0.625. The van der Waals surface area contributed by atoms with Crippen molar-refractivity contribution < 1.29 is 41.9 Å². The number of nitrogens with zero attached hydrogens (tertiary/aromatic N) is 1. The summed E-state index contributed by atoms with van der Waals surface area (Å²) in [6.45, 7) is -0.436. The monoisotopic (exact) mass is 405 g/mol. The van der Waals surface area contributed by atoms with E-state index < -0.39 is 53.8 Å². The second-order valence-corrected chi connectivity index (χ2v) is 7.62. The average Bonchev–Trinajstić information content (AvgIpc) is 2.89. The van der Waals surface area contributed by atoms with Gasteiger partial charge in [-0.2, -0.15) is 8.42 Å². The molecule has 2 saturated heterocycles. The van der Waals surface area contributed by atoms with Crippen LogP contribution in [-0.2, 0) is 24.1 Å². The van der Waals surface area contributed by atoms with Crippen LogP contribution in [0.5, 0.6) is 0 Å². The van der Waals surface area contributed by atoms with Gasteiger partial charge in [-0.3, -0.25) is 9.45 Å². The molecule has 10 nitrogen and oxygen atoms in total. The lowest BCUT2D eigenvalue weighted by atomic mass is 10.1. The van der Waals surface area contributed by atoms with Crippen LogP contribution in [0.2, 0.25) is 0 Å². The second-order valence-electron chi connectivity index (χ2n) is 6.57. The second kappa shape index (κ2) is 8.47. The van der Waals surface area contributed by atoms with Crippen LogP contribution in [0.3, 0.4) is 0 Å². The molecule has 2 fully saturated rings. The van der Waals surface area contributed by atoms with Crippen LogP contribution in [0.25, 0.3) is 0 Å². The van der Waals surface area contributed by atoms with Gasteiger partial charge in [-0.15, -0.1) is 0 Å². The Morgan fingerprint density at radius 2 is 1.93 bits per heavy atom. The summed E-state index contributed by atoms with van der Waals surface area (Å²) >= 11 is 0. The highest BCUT2D eigenvalue weighted by Gasteiger charge is 2.44. The van der Waals surface area contributed by atoms with Crippen molar-refractivity contribution in [2.45, 2.75) is 36.7 Å². The number of hydrogen-bond acceptors (Lipinski definition) is 9. The van der Waals surface area contributed by atoms with E-state index in [1.165, 1.54) is 0 Å². The summed E-state index contributed by atoms with van der Waals surface area (Å²) in [6.07, 6.45) is -4.96. The number of hydrogen-bond donors (Lipinski definition) is 4. The Morgan fingerprint density at radius 1 is 1.22 bits per heavy atom. The summed E-state index contributed by atoms with van der Waals surface area (Å²) in [5.41, 5.74) is 0.716. The molecule has 2 aliphatic heterocycles. The van der Waals surface area contributed by atoms with Crippen molar-refractivity contribution in [1.29, 1.82) is 0 Å². The van der Waals surface area contributed by atoms with Gasteiger partial charge in [0, 0.05) is 18.7 Å². The molecule has 11 heteroatoms. The molecule has 0 aromatic heterocycles. The molecule has 27 heavy (non-hydrogen) atoms. The summed E-state index contributed by atoms with van der Waals surface area (Å²) in [4.78, 5) is 1.59. The summed E-state index contributed by atoms with van der Waals surface area (Å²) < 4.78 is 47.4. The van der Waals surface area contributed by atoms with E-state index in [0.29, 0.717) is 5.56 Å². The van der Waals surface area contributed by atoms with Crippen molar-refractivity contribution in [3.8, 4) is 0 Å². The molecule has 0 aliphatic carbocycles. The fourth-order valence-corrected chi connectivity index (χ4v) is 3.88. The van der Waals surface area contributed by atoms with Gasteiger partial charge in [-0.25, -0.2) is 4.18 Å². The van der Waals surface area contributed by atoms with E-state index in [2.05, 4.69) is 4.18 Å². The molecule has 1 aromatic carbocycles. The molecular formula is C16H23NO9S. The molecule has 6 atom stereocenters. The SMILES string of the molecule is O=S(=O)(O)O[C@H]1COC(c2ccccc2)O[C@@H]1CN1C[C@@H](O)[C@H](O)[C@H]1CO. The number of benzene rings is 1. The number of ether oxygens (including phenoxy) is 2. The lowest BCUT2D eigenvalue weighted by Crippen LogP contribution is -2.51. The van der Waals surface area contributed by atoms with Crippen LogP contribution in [0.1, 0.15) is 11.9 Å². The van der Waals surface area contributed by atoms with Crippen molar-refractivity contribution in [2.75, 3.05) is 26.3 Å². The normalized spacial score (nSPS) is 35.4. The molecular weight excluding hydrogens is 382 g/mol. The first-order chi connectivity index (χ1) is 12.8. The number of aliphatic hydroxyl groups excluding tert-OH is 3. The summed E-state index contributed by atoms with van der Waals surface area (Å²) in [7, 11) is -4.74. The maximum Gasteiger partial charge on any atom is 0.397 e. The molecule has 3 rings (SSSR count). The molecule has 152 valence electrons. The molecule has 0 radical (unpaired) electrons. The fourth-order valence-electron chi connectivity index (χ4n) is 3.39. The van der Waals surface area contributed by atoms with Gasteiger partial charge < -0.3 is 24.8 Å². The highest BCUT2D eigenvalue weighted by Crippen LogP contribution is 2.30. The van der Waals surface area contributed by atoms with E-state index in [1.807, 2.05) is 6.07 Å². The number of aliphatic hydroxyl groups is 3. The van der Waals surface area contributed by atoms with Crippen LogP contribution in [0, 0.1) is 0 Å². The van der Waals surface area contributed by atoms with Gasteiger partial charge in [-0.1, -0.05) is 30.3 Å². The van der Waals surface area contributed by atoms with Crippen molar-refractivity contribution >= 4 is 10.4 Å². The molecule has 2 heterocycles. The predicted octanol–water partition coefficient (Wildman–Crippen LogP) is -1.31. The third-order valence-electron chi connectivity index (χ3n) is 4.72. The Kier molecular flexibility index (Phi) is 6.46. The molecule has 0 spiro atoms. The van der Waals surface area contributed by atoms with Gasteiger partial charge in [0.15, 0.2) is 6.29 Å². The van der Waals surface area contributed by atoms with Crippen molar-refractivity contribution in [2.24, 2.45) is 0 Å². The Hall–Kier alpha value is -1.15. The Balaban J connectivity index is 1.77. The van der Waals surface area contributed by atoms with Gasteiger partial charge in [-0.05, 0) is 0 Å². The zero-order valence-corrected chi connectivity index (χ0v) is 15.2. The van der Waals surface area contributed by atoms with Crippen molar-refractivity contribution in [3.63, 3.8) is 0 Å². The summed E-state index contributed by atoms with van der Waals surface area (Å²) in [6, 6.07) is 8.26. The van der Waals surface area contributed by atoms with E-state index in [9.17, 15) is 23.7 Å². The third kappa shape index (κ3) is 5.02. The first kappa shape index (κ1) is 20.6. The van der Waals surface area contributed by atoms with E-state index >= 15 is 0 Å². The van der Waals surface area contributed by atoms with Gasteiger partial charge in [0.25, 0.3) is 0 Å². The lowest BCUT2D eigenvalue weighted by molar-refractivity contribution is -0.255. The quantitative estimate of drug-likeness (QED) is 0.421. The van der Waals surface area contributed by atoms with Crippen molar-refractivity contribution in [1.82, 2.24) is 4.90 Å². The minimum Gasteiger partial charge on any atom is -0.395 e. The van der Waals surface area contributed by atoms with E-state index in [-0.39, 0.29) is 19.7 Å². The standard InChI is InChI=1S/C16H23NO9S/c18-8-11-15(20)12(19)6-17(11)7-13-14(26-27(21,22)23)9-24-16(25-13)10-4-2-1-3-5-10/h1-5,11-16,18-20H,6-9H2,(H,21,22,23)/t11-,12-,13-,14+,15-,16?/m1/s1. The first-order valence-electron chi connectivity index (χ1n) is 8.47. The van der Waals surface area contributed by atoms with Crippen molar-refractivity contribution in [3.05, 3.63) is 35.9 Å². The molecule has 0 amide bonds. The topological polar surface area (TPSA) is 146 Å². The van der Waals surface area contributed by atoms with Gasteiger partial charge >= 0.3 is 10.4 Å². The van der Waals surface area contributed by atoms with Gasteiger partial charge in [0.2, 0.25) is 0 Å². The van der Waals surface area contributed by atoms with Gasteiger partial charge in [0.1, 0.15) is 12.2 Å². The molecule has 1 unspecified atom stereocenters. The Labute approximate surface area is 156 Å². The zero-order valence-electron chi connectivity index (χ0n) is 14.4. The zero-order chi connectivity index (χ0) is 19.6. The first-order valence-corrected chi connectivity index (χ1v) is 9.83. The molecule has 0 bridgehead atoms. The minimum atomic E-state index is -4.74. The van der Waals surface area contributed by atoms with Crippen LogP contribution >= 0.6 is 0 Å². The highest BCUT2D eigenvalue weighted by molar-refractivity contribution is 7.80. The van der Waals surface area contributed by atoms with Crippen LogP contribution in [-0.4, -0.2) is 90.0 Å². The van der Waals surface area contributed by atoms with E-state index in [1.54, 1.807) is 29.2 Å². The van der Waals surface area contributed by atoms with Crippen LogP contribution in [0.4, 0.5) is 0 Å². The van der Waals surface area contributed by atoms with Gasteiger partial charge in [0.05, 0.1) is 31.5 Å². The molecule has 2 aliphatic rings. The lowest BCUT2D eigenvalue weighted by Gasteiger charge is -2.38. The molecule has 0 saturated carbocycles. The largest absolute Gasteiger partial charge is 0.397 e. The number of rotatable bonds is 6. The maximum atomic E-state index is 11.1. The third-order valence-corrected chi connectivity index (χ3v) is 5.21. The highest BCUT2D eigenvalue weighted by atomic mass is 32.3. The number of likely N-dealkylation sites (tertiary alicyclic amines) is 1. The Morgan fingerprint density at radius 3 is 2.56 bits per heavy atom. The van der Waals surface area contributed by atoms with E-state index in [0.717, 1.165) is 0 Å². The number of β-amino-alcohol motifs (C(OH)–C–C–N with tert-alkyl or cyclic N) is 1. The van der Waals surface area contributed by atoms with Crippen LogP contribution in [0.15, 0.2) is 30.3 Å². The maximum absolute atomic E-state index is 11.1. The Bertz CT molecular complexity index is 716. The predicted molar refractivity (Wildman–Crippen MR) is 90.9 cm³/mol. The molecule has 4 N–H and O–H groups in total. The average molecular weight is 405 g/mol. The molecule has 1 aromatic rings. The summed E-state index contributed by atoms with van der Waals surface area (Å²) in [5, 5.41) is 29.3.